The first-order chi connectivity index (χ1) is 22.0. The predicted molar refractivity (Wildman–Crippen MR) is 160 cm³/mol. The minimum absolute atomic E-state index is 0.0871. The lowest BCUT2D eigenvalue weighted by Gasteiger charge is -2.43. The number of nitrogens with zero attached hydrogens (tertiary/aromatic N) is 5. The molecule has 2 atom stereocenters. The zero-order chi connectivity index (χ0) is 33.0. The van der Waals surface area contributed by atoms with Gasteiger partial charge in [-0.15, -0.1) is 0 Å². The topological polar surface area (TPSA) is 194 Å². The molecule has 1 amide bonds. The van der Waals surface area contributed by atoms with E-state index < -0.39 is 27.9 Å². The van der Waals surface area contributed by atoms with Gasteiger partial charge in [-0.25, -0.2) is 19.6 Å². The fourth-order valence-electron chi connectivity index (χ4n) is 5.10. The second-order valence-electron chi connectivity index (χ2n) is 10.5. The molecule has 0 radical (unpaired) electrons. The SMILES string of the molecule is Cc1cc(C)nc(SC2=C(C(=O)OCc3ccc([N+](=O)[O-])cc3)N3C(=O)C(CCOC(=O)OCc4ccc([N+](=O)[O-])cc4)C3C2)n1. The number of carbonyl (C=O) groups excluding carboxylic acids is 3. The monoisotopic (exact) mass is 649 g/mol. The van der Waals surface area contributed by atoms with Crippen molar-refractivity contribution < 1.29 is 38.4 Å². The van der Waals surface area contributed by atoms with Crippen molar-refractivity contribution >= 4 is 41.2 Å². The number of ether oxygens (including phenoxy) is 3. The van der Waals surface area contributed by atoms with Crippen molar-refractivity contribution in [1.29, 1.82) is 0 Å². The molecule has 1 fully saturated rings. The maximum Gasteiger partial charge on any atom is 0.508 e. The van der Waals surface area contributed by atoms with Crippen LogP contribution in [0.15, 0.2) is 70.4 Å². The fourth-order valence-corrected chi connectivity index (χ4v) is 6.23. The smallest absolute Gasteiger partial charge is 0.456 e. The van der Waals surface area contributed by atoms with E-state index in [1.807, 2.05) is 19.9 Å². The summed E-state index contributed by atoms with van der Waals surface area (Å²) in [6.45, 7) is 3.23. The maximum absolute atomic E-state index is 13.4. The van der Waals surface area contributed by atoms with E-state index in [4.69, 9.17) is 14.2 Å². The molecule has 16 heteroatoms. The molecule has 0 N–H and O–H groups in total. The van der Waals surface area contributed by atoms with E-state index in [0.717, 1.165) is 11.4 Å². The van der Waals surface area contributed by atoms with Crippen LogP contribution >= 0.6 is 11.8 Å². The van der Waals surface area contributed by atoms with Crippen LogP contribution in [0.3, 0.4) is 0 Å². The third-order valence-corrected chi connectivity index (χ3v) is 8.26. The highest BCUT2D eigenvalue weighted by Crippen LogP contribution is 2.48. The number of non-ortho nitro benzene ring substituents is 2. The van der Waals surface area contributed by atoms with Crippen molar-refractivity contribution in [3.63, 3.8) is 0 Å². The summed E-state index contributed by atoms with van der Waals surface area (Å²) >= 11 is 1.18. The van der Waals surface area contributed by atoms with Crippen LogP contribution in [-0.2, 0) is 37.0 Å². The summed E-state index contributed by atoms with van der Waals surface area (Å²) in [5, 5.41) is 22.1. The molecule has 0 spiro atoms. The van der Waals surface area contributed by atoms with E-state index in [-0.39, 0.29) is 55.3 Å². The van der Waals surface area contributed by atoms with Gasteiger partial charge in [-0.1, -0.05) is 11.8 Å². The number of hydrogen-bond acceptors (Lipinski definition) is 13. The zero-order valence-corrected chi connectivity index (χ0v) is 25.4. The molecule has 46 heavy (non-hydrogen) atoms. The first-order valence-corrected chi connectivity index (χ1v) is 14.8. The summed E-state index contributed by atoms with van der Waals surface area (Å²) in [5.74, 6) is -1.59. The fraction of sp³-hybridized carbons (Fsp3) is 0.300. The maximum atomic E-state index is 13.4. The number of thioether (sulfide) groups is 1. The van der Waals surface area contributed by atoms with Gasteiger partial charge in [0.25, 0.3) is 11.4 Å². The van der Waals surface area contributed by atoms with E-state index in [1.54, 1.807) is 0 Å². The summed E-state index contributed by atoms with van der Waals surface area (Å²) in [7, 11) is 0. The molecule has 0 bridgehead atoms. The largest absolute Gasteiger partial charge is 0.508 e. The van der Waals surface area contributed by atoms with E-state index in [2.05, 4.69) is 9.97 Å². The summed E-state index contributed by atoms with van der Waals surface area (Å²) < 4.78 is 15.7. The Balaban J connectivity index is 1.20. The average molecular weight is 650 g/mol. The van der Waals surface area contributed by atoms with Crippen LogP contribution in [0, 0.1) is 40.0 Å². The average Bonchev–Trinajstić information content (AvgIpc) is 3.35. The van der Waals surface area contributed by atoms with Crippen LogP contribution < -0.4 is 0 Å². The Labute approximate surface area is 265 Å². The number of nitro benzene ring substituents is 2. The van der Waals surface area contributed by atoms with Gasteiger partial charge < -0.3 is 19.1 Å². The summed E-state index contributed by atoms with van der Waals surface area (Å²) in [5.41, 5.74) is 2.46. The van der Waals surface area contributed by atoms with Crippen LogP contribution in [0.25, 0.3) is 0 Å². The summed E-state index contributed by atoms with van der Waals surface area (Å²) in [4.78, 5) is 70.2. The van der Waals surface area contributed by atoms with Crippen molar-refractivity contribution in [3.05, 3.63) is 108 Å². The minimum atomic E-state index is -0.953. The van der Waals surface area contributed by atoms with Crippen molar-refractivity contribution in [2.75, 3.05) is 6.61 Å². The van der Waals surface area contributed by atoms with Gasteiger partial charge in [-0.3, -0.25) is 25.0 Å². The van der Waals surface area contributed by atoms with Crippen molar-refractivity contribution in [2.24, 2.45) is 5.92 Å². The van der Waals surface area contributed by atoms with Crippen LogP contribution in [0.4, 0.5) is 16.2 Å². The summed E-state index contributed by atoms with van der Waals surface area (Å²) in [6, 6.07) is 12.6. The van der Waals surface area contributed by atoms with Crippen molar-refractivity contribution in [2.45, 2.75) is 51.1 Å². The number of carbonyl (C=O) groups is 3. The lowest BCUT2D eigenvalue weighted by molar-refractivity contribution is -0.385. The molecule has 2 aromatic carbocycles. The highest BCUT2D eigenvalue weighted by atomic mass is 32.2. The molecule has 2 unspecified atom stereocenters. The molecule has 2 aliphatic heterocycles. The van der Waals surface area contributed by atoms with E-state index >= 15 is 0 Å². The molecule has 1 saturated heterocycles. The number of rotatable bonds is 12. The highest BCUT2D eigenvalue weighted by Gasteiger charge is 2.55. The van der Waals surface area contributed by atoms with Gasteiger partial charge in [0.1, 0.15) is 18.9 Å². The number of aromatic nitrogens is 2. The molecule has 3 aromatic rings. The normalized spacial score (nSPS) is 16.8. The molecule has 15 nitrogen and oxygen atoms in total. The number of aryl methyl sites for hydroxylation is 2. The highest BCUT2D eigenvalue weighted by molar-refractivity contribution is 8.03. The first-order valence-electron chi connectivity index (χ1n) is 14.0. The third kappa shape index (κ3) is 7.28. The Hall–Kier alpha value is -5.38. The van der Waals surface area contributed by atoms with Gasteiger partial charge in [-0.2, -0.15) is 0 Å². The van der Waals surface area contributed by atoms with Crippen LogP contribution in [0.2, 0.25) is 0 Å². The van der Waals surface area contributed by atoms with Gasteiger partial charge in [0.2, 0.25) is 5.91 Å². The van der Waals surface area contributed by atoms with Gasteiger partial charge in [0, 0.05) is 47.0 Å². The Kier molecular flexibility index (Phi) is 9.55. The Morgan fingerprint density at radius 1 is 0.891 bits per heavy atom. The van der Waals surface area contributed by atoms with Gasteiger partial charge in [-0.05, 0) is 61.7 Å². The van der Waals surface area contributed by atoms with Crippen LogP contribution in [-0.4, -0.2) is 55.4 Å². The quantitative estimate of drug-likeness (QED) is 0.0843. The molecule has 3 heterocycles. The number of amides is 1. The minimum Gasteiger partial charge on any atom is -0.456 e. The lowest BCUT2D eigenvalue weighted by Crippen LogP contribution is -2.58. The molecular weight excluding hydrogens is 622 g/mol. The van der Waals surface area contributed by atoms with Gasteiger partial charge >= 0.3 is 12.1 Å². The molecule has 1 aromatic heterocycles. The van der Waals surface area contributed by atoms with Crippen LogP contribution in [0.1, 0.15) is 35.4 Å². The number of esters is 1. The second kappa shape index (κ2) is 13.7. The molecule has 0 aliphatic carbocycles. The molecule has 238 valence electrons. The number of fused-ring (bicyclic) bond motifs is 1. The van der Waals surface area contributed by atoms with Gasteiger partial charge in [0.05, 0.1) is 28.4 Å². The molecule has 2 aliphatic rings. The third-order valence-electron chi connectivity index (χ3n) is 7.29. The summed E-state index contributed by atoms with van der Waals surface area (Å²) in [6.07, 6.45) is -0.426. The Morgan fingerprint density at radius 3 is 1.98 bits per heavy atom. The number of hydrogen-bond donors (Lipinski definition) is 0. The standard InChI is InChI=1S/C30H27N5O10S/c1-17-13-18(2)32-29(31-17)46-25-14-24-23(11-12-43-30(38)45-16-20-5-9-22(10-6-20)35(41)42)27(36)33(24)26(25)28(37)44-15-19-3-7-21(8-4-19)34(39)40/h3-10,13,23-24H,11-12,14-16H2,1-2H3. The number of nitro groups is 2. The van der Waals surface area contributed by atoms with Crippen LogP contribution in [0.5, 0.6) is 0 Å². The first kappa shape index (κ1) is 32.0. The van der Waals surface area contributed by atoms with Gasteiger partial charge in [0.15, 0.2) is 5.16 Å². The van der Waals surface area contributed by atoms with E-state index in [9.17, 15) is 34.6 Å². The molecular formula is C30H27N5O10S. The van der Waals surface area contributed by atoms with Crippen molar-refractivity contribution in [3.8, 4) is 0 Å². The van der Waals surface area contributed by atoms with E-state index in [0.29, 0.717) is 27.6 Å². The number of β-lactam (4-membered cyclic amide) rings is 1. The molecule has 0 saturated carbocycles. The molecule has 5 rings (SSSR count). The van der Waals surface area contributed by atoms with E-state index in [1.165, 1.54) is 65.2 Å². The Morgan fingerprint density at radius 2 is 1.43 bits per heavy atom. The van der Waals surface area contributed by atoms with Crippen molar-refractivity contribution in [1.82, 2.24) is 14.9 Å². The predicted octanol–water partition coefficient (Wildman–Crippen LogP) is 4.93. The lowest BCUT2D eigenvalue weighted by atomic mass is 9.85. The second-order valence-corrected chi connectivity index (χ2v) is 11.6. The Bertz CT molecular complexity index is 1710. The zero-order valence-electron chi connectivity index (χ0n) is 24.6. The number of benzene rings is 2.